The minimum atomic E-state index is 0.461. The van der Waals surface area contributed by atoms with Crippen molar-refractivity contribution in [1.82, 2.24) is 10.1 Å². The Balaban J connectivity index is 1.69. The highest BCUT2D eigenvalue weighted by atomic mass is 79.9. The van der Waals surface area contributed by atoms with Gasteiger partial charge in [0.1, 0.15) is 0 Å². The number of halogens is 2. The molecule has 6 heteroatoms. The van der Waals surface area contributed by atoms with Crippen LogP contribution in [0, 0.1) is 0 Å². The maximum atomic E-state index is 5.84. The molecule has 0 saturated heterocycles. The fourth-order valence-corrected chi connectivity index (χ4v) is 2.34. The van der Waals surface area contributed by atoms with E-state index in [0.29, 0.717) is 23.3 Å². The van der Waals surface area contributed by atoms with E-state index in [1.165, 1.54) is 0 Å². The zero-order valence-electron chi connectivity index (χ0n) is 10.9. The molecule has 2 aromatic carbocycles. The molecule has 0 radical (unpaired) electrons. The molecule has 0 aliphatic carbocycles. The highest BCUT2D eigenvalue weighted by Crippen LogP contribution is 2.20. The van der Waals surface area contributed by atoms with Crippen molar-refractivity contribution in [2.45, 2.75) is 6.54 Å². The van der Waals surface area contributed by atoms with Crippen LogP contribution >= 0.6 is 27.5 Å². The van der Waals surface area contributed by atoms with Crippen molar-refractivity contribution in [2.75, 3.05) is 5.32 Å². The highest BCUT2D eigenvalue weighted by molar-refractivity contribution is 9.10. The van der Waals surface area contributed by atoms with E-state index >= 15 is 0 Å². The Labute approximate surface area is 135 Å². The van der Waals surface area contributed by atoms with Gasteiger partial charge < -0.3 is 9.84 Å². The third kappa shape index (κ3) is 3.62. The average Bonchev–Trinajstić information content (AvgIpc) is 2.96. The predicted molar refractivity (Wildman–Crippen MR) is 86.2 cm³/mol. The molecule has 0 aliphatic rings. The lowest BCUT2D eigenvalue weighted by atomic mass is 10.2. The van der Waals surface area contributed by atoms with Crippen molar-refractivity contribution >= 4 is 33.2 Å². The zero-order chi connectivity index (χ0) is 14.7. The number of anilines is 1. The van der Waals surface area contributed by atoms with Crippen LogP contribution in [0.2, 0.25) is 5.02 Å². The maximum absolute atomic E-state index is 5.84. The first kappa shape index (κ1) is 14.1. The summed E-state index contributed by atoms with van der Waals surface area (Å²) in [4.78, 5) is 4.37. The summed E-state index contributed by atoms with van der Waals surface area (Å²) in [5.74, 6) is 1.10. The van der Waals surface area contributed by atoms with Crippen molar-refractivity contribution in [2.24, 2.45) is 0 Å². The lowest BCUT2D eigenvalue weighted by molar-refractivity contribution is 0.384. The van der Waals surface area contributed by atoms with E-state index in [9.17, 15) is 0 Å². The molecule has 3 rings (SSSR count). The molecule has 1 aromatic heterocycles. The van der Waals surface area contributed by atoms with Crippen molar-refractivity contribution in [3.8, 4) is 11.4 Å². The fraction of sp³-hybridized carbons (Fsp3) is 0.0667. The van der Waals surface area contributed by atoms with Gasteiger partial charge in [-0.15, -0.1) is 0 Å². The molecule has 0 unspecified atom stereocenters. The summed E-state index contributed by atoms with van der Waals surface area (Å²) in [5, 5.41) is 7.89. The molecule has 0 saturated carbocycles. The lowest BCUT2D eigenvalue weighted by Gasteiger charge is -2.02. The summed E-state index contributed by atoms with van der Waals surface area (Å²) >= 11 is 9.26. The molecule has 0 aliphatic heterocycles. The third-order valence-corrected chi connectivity index (χ3v) is 3.58. The van der Waals surface area contributed by atoms with Crippen LogP contribution in [0.15, 0.2) is 57.5 Å². The molecule has 0 bridgehead atoms. The minimum Gasteiger partial charge on any atom is -0.376 e. The first-order chi connectivity index (χ1) is 10.2. The maximum Gasteiger partial charge on any atom is 0.246 e. The van der Waals surface area contributed by atoms with Gasteiger partial charge in [0, 0.05) is 20.7 Å². The Morgan fingerprint density at radius 3 is 2.71 bits per heavy atom. The Morgan fingerprint density at radius 2 is 1.95 bits per heavy atom. The number of benzene rings is 2. The first-order valence-corrected chi connectivity index (χ1v) is 7.46. The monoisotopic (exact) mass is 363 g/mol. The highest BCUT2D eigenvalue weighted by Gasteiger charge is 2.08. The van der Waals surface area contributed by atoms with E-state index in [1.54, 1.807) is 0 Å². The summed E-state index contributed by atoms with van der Waals surface area (Å²) in [6.45, 7) is 0.461. The second kappa shape index (κ2) is 6.28. The van der Waals surface area contributed by atoms with Gasteiger partial charge in [-0.2, -0.15) is 4.98 Å². The number of nitrogens with zero attached hydrogens (tertiary/aromatic N) is 2. The third-order valence-electron chi connectivity index (χ3n) is 2.84. The van der Waals surface area contributed by atoms with Crippen molar-refractivity contribution in [3.05, 3.63) is 63.9 Å². The Kier molecular flexibility index (Phi) is 4.22. The van der Waals surface area contributed by atoms with E-state index < -0.39 is 0 Å². The molecule has 1 N–H and O–H groups in total. The van der Waals surface area contributed by atoms with E-state index in [4.69, 9.17) is 16.1 Å². The number of hydrogen-bond donors (Lipinski definition) is 1. The van der Waals surface area contributed by atoms with Crippen molar-refractivity contribution in [1.29, 1.82) is 0 Å². The van der Waals surface area contributed by atoms with Gasteiger partial charge in [-0.25, -0.2) is 0 Å². The summed E-state index contributed by atoms with van der Waals surface area (Å²) in [6, 6.07) is 15.2. The van der Waals surface area contributed by atoms with Gasteiger partial charge in [0.15, 0.2) is 0 Å². The van der Waals surface area contributed by atoms with Crippen molar-refractivity contribution in [3.63, 3.8) is 0 Å². The minimum absolute atomic E-state index is 0.461. The molecular formula is C15H11BrClN3O. The smallest absolute Gasteiger partial charge is 0.246 e. The van der Waals surface area contributed by atoms with Gasteiger partial charge >= 0.3 is 0 Å². The number of aromatic nitrogens is 2. The molecule has 0 fully saturated rings. The van der Waals surface area contributed by atoms with Gasteiger partial charge in [-0.3, -0.25) is 0 Å². The second-order valence-corrected chi connectivity index (χ2v) is 5.73. The largest absolute Gasteiger partial charge is 0.376 e. The molecule has 0 atom stereocenters. The second-order valence-electron chi connectivity index (χ2n) is 4.38. The lowest BCUT2D eigenvalue weighted by Crippen LogP contribution is -1.99. The molecule has 4 nitrogen and oxygen atoms in total. The Morgan fingerprint density at radius 1 is 1.14 bits per heavy atom. The molecule has 0 amide bonds. The summed E-state index contributed by atoms with van der Waals surface area (Å²) in [7, 11) is 0. The van der Waals surface area contributed by atoms with Gasteiger partial charge in [0.05, 0.1) is 6.54 Å². The van der Waals surface area contributed by atoms with Crippen LogP contribution in [-0.2, 0) is 6.54 Å². The van der Waals surface area contributed by atoms with Crippen LogP contribution in [0.3, 0.4) is 0 Å². The molecule has 3 aromatic rings. The standard InChI is InChI=1S/C15H11BrClN3O/c16-11-3-1-2-10(8-11)15-19-14(21-20-15)9-18-13-6-4-12(17)5-7-13/h1-8,18H,9H2. The summed E-state index contributed by atoms with van der Waals surface area (Å²) in [6.07, 6.45) is 0. The number of rotatable bonds is 4. The number of hydrogen-bond acceptors (Lipinski definition) is 4. The van der Waals surface area contributed by atoms with Gasteiger partial charge in [-0.1, -0.05) is 44.8 Å². The number of nitrogens with one attached hydrogen (secondary N) is 1. The van der Waals surface area contributed by atoms with Crippen LogP contribution in [0.4, 0.5) is 5.69 Å². The molecule has 1 heterocycles. The van der Waals surface area contributed by atoms with Crippen LogP contribution < -0.4 is 5.32 Å². The van der Waals surface area contributed by atoms with Gasteiger partial charge in [0.2, 0.25) is 11.7 Å². The van der Waals surface area contributed by atoms with Crippen LogP contribution in [0.5, 0.6) is 0 Å². The molecule has 0 spiro atoms. The fourth-order valence-electron chi connectivity index (χ4n) is 1.82. The molecule has 21 heavy (non-hydrogen) atoms. The predicted octanol–water partition coefficient (Wildman–Crippen LogP) is 4.76. The van der Waals surface area contributed by atoms with E-state index in [-0.39, 0.29) is 0 Å². The van der Waals surface area contributed by atoms with Gasteiger partial charge in [0.25, 0.3) is 0 Å². The van der Waals surface area contributed by atoms with E-state index in [1.807, 2.05) is 48.5 Å². The first-order valence-electron chi connectivity index (χ1n) is 6.29. The Hall–Kier alpha value is -1.85. The van der Waals surface area contributed by atoms with Crippen molar-refractivity contribution < 1.29 is 4.52 Å². The van der Waals surface area contributed by atoms with E-state index in [2.05, 4.69) is 31.4 Å². The van der Waals surface area contributed by atoms with Gasteiger partial charge in [-0.05, 0) is 36.4 Å². The molecule has 106 valence electrons. The quantitative estimate of drug-likeness (QED) is 0.725. The molecular weight excluding hydrogens is 354 g/mol. The van der Waals surface area contributed by atoms with Crippen LogP contribution in [0.1, 0.15) is 5.89 Å². The topological polar surface area (TPSA) is 51.0 Å². The average molecular weight is 365 g/mol. The Bertz CT molecular complexity index is 743. The van der Waals surface area contributed by atoms with E-state index in [0.717, 1.165) is 15.7 Å². The normalized spacial score (nSPS) is 10.6. The SMILES string of the molecule is Clc1ccc(NCc2nc(-c3cccc(Br)c3)no2)cc1. The summed E-state index contributed by atoms with van der Waals surface area (Å²) in [5.41, 5.74) is 1.85. The zero-order valence-corrected chi connectivity index (χ0v) is 13.2. The van der Waals surface area contributed by atoms with Crippen LogP contribution in [-0.4, -0.2) is 10.1 Å². The summed E-state index contributed by atoms with van der Waals surface area (Å²) < 4.78 is 6.22. The van der Waals surface area contributed by atoms with Crippen LogP contribution in [0.25, 0.3) is 11.4 Å².